The molecule has 5 heteroatoms. The van der Waals surface area contributed by atoms with E-state index in [9.17, 15) is 4.79 Å². The monoisotopic (exact) mass is 226 g/mol. The maximum atomic E-state index is 10.7. The van der Waals surface area contributed by atoms with Gasteiger partial charge in [0.1, 0.15) is 5.82 Å². The van der Waals surface area contributed by atoms with Crippen LogP contribution in [0.3, 0.4) is 0 Å². The van der Waals surface area contributed by atoms with Crippen molar-refractivity contribution in [1.29, 1.82) is 0 Å². The molecule has 1 rings (SSSR count). The van der Waals surface area contributed by atoms with Crippen molar-refractivity contribution in [3.8, 4) is 0 Å². The molecule has 1 N–H and O–H groups in total. The lowest BCUT2D eigenvalue weighted by Gasteiger charge is -2.05. The van der Waals surface area contributed by atoms with E-state index in [2.05, 4.69) is 23.8 Å². The normalized spacial score (nSPS) is 10.7. The summed E-state index contributed by atoms with van der Waals surface area (Å²) in [6.07, 6.45) is 0. The number of carbonyl (C=O) groups is 1. The highest BCUT2D eigenvalue weighted by molar-refractivity contribution is 7.99. The Labute approximate surface area is 93.1 Å². The Balaban J connectivity index is 2.84. The Kier molecular flexibility index (Phi) is 4.08. The average Bonchev–Trinajstić information content (AvgIpc) is 2.13. The van der Waals surface area contributed by atoms with Crippen LogP contribution in [0.15, 0.2) is 6.07 Å². The number of carboxylic acid groups (broad SMARTS) is 1. The highest BCUT2D eigenvalue weighted by Crippen LogP contribution is 2.15. The Morgan fingerprint density at radius 1 is 1.53 bits per heavy atom. The molecule has 0 saturated carbocycles. The van der Waals surface area contributed by atoms with Crippen LogP contribution < -0.4 is 0 Å². The minimum atomic E-state index is -1.00. The largest absolute Gasteiger partial charge is 0.477 e. The molecule has 82 valence electrons. The lowest BCUT2D eigenvalue weighted by molar-refractivity contribution is 0.0690. The molecule has 1 aromatic rings. The summed E-state index contributed by atoms with van der Waals surface area (Å²) < 4.78 is 0. The first-order valence-electron chi connectivity index (χ1n) is 4.68. The molecule has 0 bridgehead atoms. The third-order valence-corrected chi connectivity index (χ3v) is 2.76. The van der Waals surface area contributed by atoms with E-state index in [1.54, 1.807) is 18.7 Å². The Morgan fingerprint density at radius 2 is 2.20 bits per heavy atom. The molecular weight excluding hydrogens is 212 g/mol. The van der Waals surface area contributed by atoms with E-state index in [1.165, 1.54) is 6.07 Å². The van der Waals surface area contributed by atoms with Gasteiger partial charge in [-0.3, -0.25) is 0 Å². The highest BCUT2D eigenvalue weighted by atomic mass is 32.2. The molecule has 0 radical (unpaired) electrons. The molecule has 0 saturated heterocycles. The molecule has 0 atom stereocenters. The zero-order valence-electron chi connectivity index (χ0n) is 9.02. The Bertz CT molecular complexity index is 366. The fourth-order valence-corrected chi connectivity index (χ4v) is 1.66. The zero-order valence-corrected chi connectivity index (χ0v) is 9.84. The number of aromatic carboxylic acids is 1. The molecule has 0 aliphatic rings. The predicted molar refractivity (Wildman–Crippen MR) is 60.2 cm³/mol. The minimum Gasteiger partial charge on any atom is -0.477 e. The van der Waals surface area contributed by atoms with Crippen LogP contribution in [0.2, 0.25) is 0 Å². The summed E-state index contributed by atoms with van der Waals surface area (Å²) in [6, 6.07) is 1.48. The van der Waals surface area contributed by atoms with Gasteiger partial charge in [-0.25, -0.2) is 14.8 Å². The van der Waals surface area contributed by atoms with E-state index in [-0.39, 0.29) is 5.69 Å². The maximum Gasteiger partial charge on any atom is 0.354 e. The summed E-state index contributed by atoms with van der Waals surface area (Å²) in [6.45, 7) is 5.94. The van der Waals surface area contributed by atoms with Crippen LogP contribution in [0.1, 0.15) is 35.9 Å². The number of hydrogen-bond acceptors (Lipinski definition) is 4. The molecule has 0 fully saturated rings. The van der Waals surface area contributed by atoms with Crippen LogP contribution in [0.4, 0.5) is 0 Å². The van der Waals surface area contributed by atoms with Crippen molar-refractivity contribution in [1.82, 2.24) is 9.97 Å². The summed E-state index contributed by atoms with van der Waals surface area (Å²) in [5.41, 5.74) is 0.767. The van der Waals surface area contributed by atoms with Crippen LogP contribution in [-0.4, -0.2) is 26.3 Å². The second kappa shape index (κ2) is 5.11. The third-order valence-electron chi connectivity index (χ3n) is 1.67. The molecular formula is C10H14N2O2S. The SMILES string of the molecule is Cc1cc(C(=O)O)nc(CSC(C)C)n1. The van der Waals surface area contributed by atoms with Gasteiger partial charge in [0.05, 0.1) is 5.75 Å². The van der Waals surface area contributed by atoms with Gasteiger partial charge in [0.15, 0.2) is 5.69 Å². The standard InChI is InChI=1S/C10H14N2O2S/c1-6(2)15-5-9-11-7(3)4-8(12-9)10(13)14/h4,6H,5H2,1-3H3,(H,13,14). The van der Waals surface area contributed by atoms with Crippen LogP contribution in [0.25, 0.3) is 0 Å². The molecule has 0 aliphatic carbocycles. The van der Waals surface area contributed by atoms with E-state index < -0.39 is 5.97 Å². The van der Waals surface area contributed by atoms with Gasteiger partial charge in [-0.15, -0.1) is 0 Å². The van der Waals surface area contributed by atoms with E-state index in [4.69, 9.17) is 5.11 Å². The first kappa shape index (κ1) is 12.0. The molecule has 1 heterocycles. The second-order valence-corrected chi connectivity index (χ2v) is 5.04. The van der Waals surface area contributed by atoms with E-state index in [0.29, 0.717) is 22.5 Å². The van der Waals surface area contributed by atoms with Crippen molar-refractivity contribution in [3.63, 3.8) is 0 Å². The molecule has 4 nitrogen and oxygen atoms in total. The van der Waals surface area contributed by atoms with Crippen molar-refractivity contribution in [2.75, 3.05) is 0 Å². The highest BCUT2D eigenvalue weighted by Gasteiger charge is 2.08. The lowest BCUT2D eigenvalue weighted by atomic mass is 10.3. The summed E-state index contributed by atoms with van der Waals surface area (Å²) in [4.78, 5) is 18.9. The number of hydrogen-bond donors (Lipinski definition) is 1. The lowest BCUT2D eigenvalue weighted by Crippen LogP contribution is -2.06. The predicted octanol–water partition coefficient (Wildman–Crippen LogP) is 2.12. The number of aryl methyl sites for hydroxylation is 1. The molecule has 0 spiro atoms. The fourth-order valence-electron chi connectivity index (χ4n) is 1.05. The van der Waals surface area contributed by atoms with E-state index in [1.807, 2.05) is 0 Å². The van der Waals surface area contributed by atoms with Gasteiger partial charge in [0.25, 0.3) is 0 Å². The second-order valence-electron chi connectivity index (χ2n) is 3.48. The zero-order chi connectivity index (χ0) is 11.4. The van der Waals surface area contributed by atoms with Crippen molar-refractivity contribution < 1.29 is 9.90 Å². The molecule has 15 heavy (non-hydrogen) atoms. The molecule has 0 unspecified atom stereocenters. The Morgan fingerprint density at radius 3 is 2.73 bits per heavy atom. The number of carboxylic acids is 1. The quantitative estimate of drug-likeness (QED) is 0.852. The van der Waals surface area contributed by atoms with Crippen molar-refractivity contribution in [3.05, 3.63) is 23.3 Å². The van der Waals surface area contributed by atoms with Crippen molar-refractivity contribution in [2.24, 2.45) is 0 Å². The summed E-state index contributed by atoms with van der Waals surface area (Å²) in [5.74, 6) is 0.238. The van der Waals surface area contributed by atoms with Gasteiger partial charge in [-0.1, -0.05) is 13.8 Å². The summed E-state index contributed by atoms with van der Waals surface area (Å²) >= 11 is 1.70. The van der Waals surface area contributed by atoms with Gasteiger partial charge >= 0.3 is 5.97 Å². The van der Waals surface area contributed by atoms with Crippen molar-refractivity contribution in [2.45, 2.75) is 31.8 Å². The number of aromatic nitrogens is 2. The molecule has 0 aromatic carbocycles. The average molecular weight is 226 g/mol. The van der Waals surface area contributed by atoms with Gasteiger partial charge in [0.2, 0.25) is 0 Å². The maximum absolute atomic E-state index is 10.7. The van der Waals surface area contributed by atoms with Crippen LogP contribution in [-0.2, 0) is 5.75 Å². The summed E-state index contributed by atoms with van der Waals surface area (Å²) in [5, 5.41) is 9.30. The summed E-state index contributed by atoms with van der Waals surface area (Å²) in [7, 11) is 0. The first-order chi connectivity index (χ1) is 6.99. The van der Waals surface area contributed by atoms with Crippen LogP contribution in [0, 0.1) is 6.92 Å². The molecule has 0 aliphatic heterocycles. The topological polar surface area (TPSA) is 63.1 Å². The third kappa shape index (κ3) is 3.87. The van der Waals surface area contributed by atoms with Crippen molar-refractivity contribution >= 4 is 17.7 Å². The number of nitrogens with zero attached hydrogens (tertiary/aromatic N) is 2. The first-order valence-corrected chi connectivity index (χ1v) is 5.73. The van der Waals surface area contributed by atoms with Crippen LogP contribution in [0.5, 0.6) is 0 Å². The van der Waals surface area contributed by atoms with Crippen LogP contribution >= 0.6 is 11.8 Å². The smallest absolute Gasteiger partial charge is 0.354 e. The van der Waals surface area contributed by atoms with E-state index >= 15 is 0 Å². The van der Waals surface area contributed by atoms with Gasteiger partial charge in [-0.05, 0) is 18.2 Å². The Hall–Kier alpha value is -1.10. The van der Waals surface area contributed by atoms with Gasteiger partial charge in [-0.2, -0.15) is 11.8 Å². The number of rotatable bonds is 4. The van der Waals surface area contributed by atoms with Gasteiger partial charge < -0.3 is 5.11 Å². The fraction of sp³-hybridized carbons (Fsp3) is 0.500. The molecule has 1 aromatic heterocycles. The number of thioether (sulfide) groups is 1. The minimum absolute atomic E-state index is 0.0712. The molecule has 0 amide bonds. The van der Waals surface area contributed by atoms with E-state index in [0.717, 1.165) is 0 Å². The van der Waals surface area contributed by atoms with Gasteiger partial charge in [0, 0.05) is 5.69 Å².